The van der Waals surface area contributed by atoms with E-state index in [4.69, 9.17) is 4.74 Å². The molecule has 0 fully saturated rings. The van der Waals surface area contributed by atoms with Crippen molar-refractivity contribution in [2.75, 3.05) is 19.0 Å². The summed E-state index contributed by atoms with van der Waals surface area (Å²) in [6, 6.07) is 0. The molecule has 0 atom stereocenters. The van der Waals surface area contributed by atoms with E-state index in [-0.39, 0.29) is 5.54 Å². The molecule has 1 aliphatic heterocycles. The van der Waals surface area contributed by atoms with Crippen molar-refractivity contribution in [3.63, 3.8) is 0 Å². The van der Waals surface area contributed by atoms with Crippen LogP contribution in [0.3, 0.4) is 0 Å². The molecule has 0 amide bonds. The molecule has 17 heavy (non-hydrogen) atoms. The molecule has 5 nitrogen and oxygen atoms in total. The summed E-state index contributed by atoms with van der Waals surface area (Å²) in [6.45, 7) is 7.99. The number of ether oxygens (including phenoxy) is 1. The van der Waals surface area contributed by atoms with Crippen LogP contribution in [0.5, 0.6) is 5.88 Å². The quantitative estimate of drug-likeness (QED) is 0.811. The van der Waals surface area contributed by atoms with Gasteiger partial charge < -0.3 is 15.4 Å². The van der Waals surface area contributed by atoms with Gasteiger partial charge in [0.1, 0.15) is 0 Å². The predicted molar refractivity (Wildman–Crippen MR) is 67.4 cm³/mol. The molecule has 0 saturated carbocycles. The van der Waals surface area contributed by atoms with Gasteiger partial charge in [0.2, 0.25) is 11.8 Å². The Morgan fingerprint density at radius 2 is 2.06 bits per heavy atom. The minimum absolute atomic E-state index is 0.0542. The second kappa shape index (κ2) is 4.49. The fourth-order valence-corrected chi connectivity index (χ4v) is 1.89. The lowest BCUT2D eigenvalue weighted by Crippen LogP contribution is -2.30. The number of fused-ring (bicyclic) bond motifs is 1. The third-order valence-corrected chi connectivity index (χ3v) is 2.58. The average Bonchev–Trinajstić information content (AvgIpc) is 2.25. The summed E-state index contributed by atoms with van der Waals surface area (Å²) in [5.41, 5.74) is 2.11. The Kier molecular flexibility index (Phi) is 3.19. The molecule has 1 aromatic heterocycles. The summed E-state index contributed by atoms with van der Waals surface area (Å²) in [5.74, 6) is 1.33. The maximum atomic E-state index is 5.35. The first-order valence-electron chi connectivity index (χ1n) is 5.92. The Hall–Kier alpha value is -1.36. The summed E-state index contributed by atoms with van der Waals surface area (Å²) in [4.78, 5) is 8.96. The molecule has 0 unspecified atom stereocenters. The van der Waals surface area contributed by atoms with Crippen molar-refractivity contribution < 1.29 is 4.74 Å². The maximum Gasteiger partial charge on any atom is 0.226 e. The van der Waals surface area contributed by atoms with E-state index in [1.54, 1.807) is 7.11 Å². The van der Waals surface area contributed by atoms with Crippen LogP contribution >= 0.6 is 0 Å². The molecule has 0 aromatic carbocycles. The zero-order chi connectivity index (χ0) is 12.5. The van der Waals surface area contributed by atoms with E-state index in [1.807, 2.05) is 0 Å². The van der Waals surface area contributed by atoms with Crippen LogP contribution in [-0.2, 0) is 13.0 Å². The Labute approximate surface area is 102 Å². The van der Waals surface area contributed by atoms with Gasteiger partial charge in [0.15, 0.2) is 0 Å². The van der Waals surface area contributed by atoms with Crippen molar-refractivity contribution in [2.24, 2.45) is 0 Å². The molecule has 1 aromatic rings. The van der Waals surface area contributed by atoms with Crippen LogP contribution < -0.4 is 15.4 Å². The van der Waals surface area contributed by atoms with Crippen LogP contribution in [-0.4, -0.2) is 29.2 Å². The number of anilines is 1. The van der Waals surface area contributed by atoms with Gasteiger partial charge in [0.05, 0.1) is 12.8 Å². The number of nitrogens with zero attached hydrogens (tertiary/aromatic N) is 2. The molecule has 94 valence electrons. The summed E-state index contributed by atoms with van der Waals surface area (Å²) < 4.78 is 5.35. The van der Waals surface area contributed by atoms with Crippen molar-refractivity contribution in [1.82, 2.24) is 15.3 Å². The molecule has 0 spiro atoms. The number of aromatic nitrogens is 2. The standard InChI is InChI=1S/C12H20N4O/c1-12(2,3)16-11-14-9-7-13-6-5-8(9)10(15-11)17-4/h13H,5-7H2,1-4H3,(H,14,15,16). The molecule has 0 aliphatic carbocycles. The van der Waals surface area contributed by atoms with Crippen molar-refractivity contribution in [1.29, 1.82) is 0 Å². The summed E-state index contributed by atoms with van der Waals surface area (Å²) in [6.07, 6.45) is 0.925. The third kappa shape index (κ3) is 2.85. The van der Waals surface area contributed by atoms with Crippen LogP contribution in [0.2, 0.25) is 0 Å². The minimum atomic E-state index is -0.0542. The maximum absolute atomic E-state index is 5.35. The van der Waals surface area contributed by atoms with E-state index in [1.165, 1.54) is 0 Å². The van der Waals surface area contributed by atoms with Crippen LogP contribution in [0.25, 0.3) is 0 Å². The number of hydrogen-bond donors (Lipinski definition) is 2. The van der Waals surface area contributed by atoms with Gasteiger partial charge >= 0.3 is 0 Å². The van der Waals surface area contributed by atoms with Gasteiger partial charge in [-0.05, 0) is 33.7 Å². The topological polar surface area (TPSA) is 59.1 Å². The highest BCUT2D eigenvalue weighted by atomic mass is 16.5. The monoisotopic (exact) mass is 236 g/mol. The van der Waals surface area contributed by atoms with Crippen molar-refractivity contribution in [3.05, 3.63) is 11.3 Å². The molecular weight excluding hydrogens is 216 g/mol. The predicted octanol–water partition coefficient (Wildman–Crippen LogP) is 1.34. The molecule has 5 heteroatoms. The Morgan fingerprint density at radius 3 is 2.71 bits per heavy atom. The molecule has 0 radical (unpaired) electrons. The first-order chi connectivity index (χ1) is 7.99. The highest BCUT2D eigenvalue weighted by molar-refractivity contribution is 5.40. The Morgan fingerprint density at radius 1 is 1.29 bits per heavy atom. The smallest absolute Gasteiger partial charge is 0.226 e. The van der Waals surface area contributed by atoms with Gasteiger partial charge in [-0.15, -0.1) is 0 Å². The third-order valence-electron chi connectivity index (χ3n) is 2.58. The van der Waals surface area contributed by atoms with E-state index in [0.29, 0.717) is 11.8 Å². The normalized spacial score (nSPS) is 15.3. The van der Waals surface area contributed by atoms with Crippen LogP contribution in [0.4, 0.5) is 5.95 Å². The first kappa shape index (κ1) is 12.1. The van der Waals surface area contributed by atoms with Gasteiger partial charge in [-0.25, -0.2) is 4.98 Å². The number of hydrogen-bond acceptors (Lipinski definition) is 5. The highest BCUT2D eigenvalue weighted by Crippen LogP contribution is 2.24. The van der Waals surface area contributed by atoms with Gasteiger partial charge in [-0.3, -0.25) is 0 Å². The average molecular weight is 236 g/mol. The second-order valence-electron chi connectivity index (χ2n) is 5.28. The lowest BCUT2D eigenvalue weighted by Gasteiger charge is -2.23. The largest absolute Gasteiger partial charge is 0.481 e. The molecule has 2 rings (SSSR count). The Bertz CT molecular complexity index is 394. The molecule has 1 aliphatic rings. The van der Waals surface area contributed by atoms with Gasteiger partial charge in [-0.2, -0.15) is 4.98 Å². The fraction of sp³-hybridized carbons (Fsp3) is 0.667. The number of rotatable bonds is 2. The SMILES string of the molecule is COc1nc(NC(C)(C)C)nc2c1CCNC2. The van der Waals surface area contributed by atoms with Crippen molar-refractivity contribution in [2.45, 2.75) is 39.3 Å². The van der Waals surface area contributed by atoms with Gasteiger partial charge in [0.25, 0.3) is 0 Å². The van der Waals surface area contributed by atoms with E-state index < -0.39 is 0 Å². The molecule has 0 bridgehead atoms. The fourth-order valence-electron chi connectivity index (χ4n) is 1.89. The van der Waals surface area contributed by atoms with Gasteiger partial charge in [-0.1, -0.05) is 0 Å². The van der Waals surface area contributed by atoms with Crippen LogP contribution in [0.15, 0.2) is 0 Å². The van der Waals surface area contributed by atoms with E-state index in [9.17, 15) is 0 Å². The Balaban J connectivity index is 2.36. The zero-order valence-electron chi connectivity index (χ0n) is 10.9. The molecular formula is C12H20N4O. The summed E-state index contributed by atoms with van der Waals surface area (Å²) >= 11 is 0. The summed E-state index contributed by atoms with van der Waals surface area (Å²) in [5, 5.41) is 6.58. The number of methoxy groups -OCH3 is 1. The van der Waals surface area contributed by atoms with Crippen molar-refractivity contribution in [3.8, 4) is 5.88 Å². The van der Waals surface area contributed by atoms with Crippen LogP contribution in [0.1, 0.15) is 32.0 Å². The second-order valence-corrected chi connectivity index (χ2v) is 5.28. The first-order valence-corrected chi connectivity index (χ1v) is 5.92. The molecule has 2 heterocycles. The molecule has 0 saturated heterocycles. The zero-order valence-corrected chi connectivity index (χ0v) is 10.9. The van der Waals surface area contributed by atoms with E-state index in [2.05, 4.69) is 41.4 Å². The lowest BCUT2D eigenvalue weighted by atomic mass is 10.1. The lowest BCUT2D eigenvalue weighted by molar-refractivity contribution is 0.386. The van der Waals surface area contributed by atoms with Crippen LogP contribution in [0, 0.1) is 0 Å². The van der Waals surface area contributed by atoms with Crippen molar-refractivity contribution >= 4 is 5.95 Å². The minimum Gasteiger partial charge on any atom is -0.481 e. The highest BCUT2D eigenvalue weighted by Gasteiger charge is 2.20. The number of nitrogens with one attached hydrogen (secondary N) is 2. The molecule has 2 N–H and O–H groups in total. The van der Waals surface area contributed by atoms with Gasteiger partial charge in [0, 0.05) is 17.6 Å². The summed E-state index contributed by atoms with van der Waals surface area (Å²) in [7, 11) is 1.66. The van der Waals surface area contributed by atoms with E-state index >= 15 is 0 Å². The van der Waals surface area contributed by atoms with E-state index in [0.717, 1.165) is 30.8 Å².